The largest absolute Gasteiger partial charge is 0.511 e. The second kappa shape index (κ2) is 9.67. The second-order valence-corrected chi connectivity index (χ2v) is 11.0. The summed E-state index contributed by atoms with van der Waals surface area (Å²) in [5, 5.41) is 32.9. The topological polar surface area (TPSA) is 161 Å². The number of rotatable bonds is 5. The molecule has 4 atom stereocenters. The Morgan fingerprint density at radius 2 is 1.74 bits per heavy atom. The molecule has 1 saturated heterocycles. The van der Waals surface area contributed by atoms with Gasteiger partial charge >= 0.3 is 0 Å². The van der Waals surface area contributed by atoms with Crippen LogP contribution in [0.15, 0.2) is 34.8 Å². The fourth-order valence-corrected chi connectivity index (χ4v) is 6.94. The number of benzene rings is 1. The van der Waals surface area contributed by atoms with E-state index < -0.39 is 58.4 Å². The van der Waals surface area contributed by atoms with Gasteiger partial charge in [0.1, 0.15) is 22.8 Å². The fourth-order valence-electron chi connectivity index (χ4n) is 6.94. The van der Waals surface area contributed by atoms with Crippen LogP contribution >= 0.6 is 0 Å². The number of primary amides is 1. The maximum atomic E-state index is 13.7. The molecule has 5 N–H and O–H groups in total. The average Bonchev–Trinajstić information content (AvgIpc) is 2.83. The quantitative estimate of drug-likeness (QED) is 0.332. The summed E-state index contributed by atoms with van der Waals surface area (Å²) in [6.07, 6.45) is 3.65. The van der Waals surface area contributed by atoms with Crippen LogP contribution in [0, 0.1) is 17.8 Å². The van der Waals surface area contributed by atoms with Crippen LogP contribution < -0.4 is 5.73 Å². The zero-order valence-electron chi connectivity index (χ0n) is 21.6. The van der Waals surface area contributed by atoms with Gasteiger partial charge in [-0.15, -0.1) is 0 Å². The van der Waals surface area contributed by atoms with Gasteiger partial charge in [-0.05, 0) is 82.4 Å². The molecule has 1 fully saturated rings. The number of Topliss-reactive ketones (excluding diaryl/α,β-unsaturated/α-hetero) is 3. The first-order chi connectivity index (χ1) is 18.0. The Balaban J connectivity index is 1.58. The minimum Gasteiger partial charge on any atom is -0.511 e. The predicted octanol–water partition coefficient (Wildman–Crippen LogP) is 1.67. The van der Waals surface area contributed by atoms with Crippen LogP contribution in [-0.2, 0) is 16.0 Å². The number of phenolic OH excluding ortho intramolecular Hbond substituents is 1. The van der Waals surface area contributed by atoms with E-state index in [0.717, 1.165) is 32.4 Å². The standard InChI is InChI=1S/C28H33N3O7/c1-30(2)23-16-11-13-10-15-14(18(33)12-31-8-4-3-5-9-31)6-7-17(32)20(15)24(34)19(13)25(35)21(16)26(36)22(27(23)37)28(29)38/h6-7,13,16,21,23,32,35,37H,3-5,8-12H2,1-2H3,(H2,29,38)/t13?,16?,21?,23-/m0/s1. The molecular formula is C28H33N3O7. The first-order valence-corrected chi connectivity index (χ1v) is 13.0. The minimum absolute atomic E-state index is 0.00532. The van der Waals surface area contributed by atoms with Gasteiger partial charge < -0.3 is 21.1 Å². The van der Waals surface area contributed by atoms with E-state index in [1.165, 1.54) is 6.07 Å². The third kappa shape index (κ3) is 4.03. The molecule has 5 rings (SSSR count). The van der Waals surface area contributed by atoms with E-state index in [1.54, 1.807) is 25.1 Å². The Bertz CT molecular complexity index is 1310. The van der Waals surface area contributed by atoms with Gasteiger partial charge in [0.2, 0.25) is 0 Å². The zero-order chi connectivity index (χ0) is 27.5. The number of phenols is 1. The van der Waals surface area contributed by atoms with E-state index in [1.807, 2.05) is 0 Å². The molecule has 0 saturated carbocycles. The van der Waals surface area contributed by atoms with Crippen molar-refractivity contribution in [3.8, 4) is 5.75 Å². The molecule has 1 amide bonds. The third-order valence-electron chi connectivity index (χ3n) is 8.57. The van der Waals surface area contributed by atoms with Gasteiger partial charge in [0, 0.05) is 11.1 Å². The van der Waals surface area contributed by atoms with Crippen molar-refractivity contribution in [1.82, 2.24) is 9.80 Å². The Morgan fingerprint density at radius 1 is 1.05 bits per heavy atom. The van der Waals surface area contributed by atoms with Crippen LogP contribution in [0.1, 0.15) is 52.0 Å². The fraction of sp³-hybridized carbons (Fsp3) is 0.500. The van der Waals surface area contributed by atoms with Crippen LogP contribution in [0.25, 0.3) is 0 Å². The summed E-state index contributed by atoms with van der Waals surface area (Å²) < 4.78 is 0. The number of carbonyl (C=O) groups excluding carboxylic acids is 4. The molecule has 0 bridgehead atoms. The lowest BCUT2D eigenvalue weighted by Gasteiger charge is -2.46. The lowest BCUT2D eigenvalue weighted by atomic mass is 9.60. The number of aromatic hydroxyl groups is 1. The molecule has 3 aliphatic carbocycles. The number of likely N-dealkylation sites (tertiary alicyclic amines) is 1. The van der Waals surface area contributed by atoms with E-state index in [9.17, 15) is 34.5 Å². The monoisotopic (exact) mass is 523 g/mol. The molecule has 0 spiro atoms. The van der Waals surface area contributed by atoms with Crippen molar-refractivity contribution in [3.05, 3.63) is 51.5 Å². The molecule has 4 aliphatic rings. The van der Waals surface area contributed by atoms with E-state index >= 15 is 0 Å². The van der Waals surface area contributed by atoms with E-state index in [0.29, 0.717) is 11.1 Å². The highest BCUT2D eigenvalue weighted by atomic mass is 16.3. The highest BCUT2D eigenvalue weighted by Crippen LogP contribution is 2.50. The van der Waals surface area contributed by atoms with Crippen molar-refractivity contribution in [3.63, 3.8) is 0 Å². The van der Waals surface area contributed by atoms with Crippen molar-refractivity contribution in [2.45, 2.75) is 38.1 Å². The lowest BCUT2D eigenvalue weighted by Crippen LogP contribution is -2.53. The molecule has 10 nitrogen and oxygen atoms in total. The zero-order valence-corrected chi connectivity index (χ0v) is 21.6. The number of carbonyl (C=O) groups is 4. The molecule has 10 heteroatoms. The Labute approximate surface area is 220 Å². The average molecular weight is 524 g/mol. The molecular weight excluding hydrogens is 490 g/mol. The first-order valence-electron chi connectivity index (χ1n) is 13.0. The van der Waals surface area contributed by atoms with Crippen molar-refractivity contribution in [2.75, 3.05) is 33.7 Å². The van der Waals surface area contributed by atoms with Gasteiger partial charge in [0.25, 0.3) is 5.91 Å². The highest BCUT2D eigenvalue weighted by Gasteiger charge is 2.54. The van der Waals surface area contributed by atoms with Crippen LogP contribution in [0.2, 0.25) is 0 Å². The molecule has 202 valence electrons. The molecule has 38 heavy (non-hydrogen) atoms. The molecule has 0 aromatic heterocycles. The van der Waals surface area contributed by atoms with Gasteiger partial charge in [-0.2, -0.15) is 0 Å². The first kappa shape index (κ1) is 26.1. The number of aliphatic hydroxyl groups is 2. The SMILES string of the molecule is CN(C)[C@@H]1C(O)=C(C(N)=O)C(=O)C2C(O)=C3C(=O)c4c(O)ccc(C(=O)CN5CCCCC5)c4CC3CC21. The Kier molecular flexibility index (Phi) is 6.65. The van der Waals surface area contributed by atoms with Crippen LogP contribution in [0.4, 0.5) is 0 Å². The summed E-state index contributed by atoms with van der Waals surface area (Å²) in [5.41, 5.74) is 5.61. The van der Waals surface area contributed by atoms with Gasteiger partial charge in [-0.3, -0.25) is 29.0 Å². The number of likely N-dealkylation sites (N-methyl/N-ethyl adjacent to an activating group) is 1. The van der Waals surface area contributed by atoms with Crippen molar-refractivity contribution < 1.29 is 34.5 Å². The molecule has 1 aliphatic heterocycles. The number of hydrogen-bond donors (Lipinski definition) is 4. The maximum absolute atomic E-state index is 13.7. The molecule has 1 aromatic rings. The van der Waals surface area contributed by atoms with Gasteiger partial charge in [-0.1, -0.05) is 6.42 Å². The van der Waals surface area contributed by atoms with Gasteiger partial charge in [-0.25, -0.2) is 0 Å². The van der Waals surface area contributed by atoms with Gasteiger partial charge in [0.15, 0.2) is 17.3 Å². The highest BCUT2D eigenvalue weighted by molar-refractivity contribution is 6.22. The van der Waals surface area contributed by atoms with Crippen LogP contribution in [0.5, 0.6) is 5.75 Å². The Hall–Kier alpha value is -3.50. The number of ketones is 3. The van der Waals surface area contributed by atoms with Crippen LogP contribution in [-0.4, -0.2) is 88.1 Å². The second-order valence-electron chi connectivity index (χ2n) is 11.0. The predicted molar refractivity (Wildman–Crippen MR) is 137 cm³/mol. The smallest absolute Gasteiger partial charge is 0.255 e. The molecule has 0 radical (unpaired) electrons. The van der Waals surface area contributed by atoms with E-state index in [2.05, 4.69) is 4.90 Å². The number of aliphatic hydroxyl groups excluding tert-OH is 2. The number of allylic oxidation sites excluding steroid dienone is 2. The van der Waals surface area contributed by atoms with Crippen LogP contribution in [0.3, 0.4) is 0 Å². The van der Waals surface area contributed by atoms with Crippen molar-refractivity contribution >= 4 is 23.3 Å². The summed E-state index contributed by atoms with van der Waals surface area (Å²) in [6, 6.07) is 2.09. The molecule has 1 heterocycles. The number of piperidine rings is 1. The summed E-state index contributed by atoms with van der Waals surface area (Å²) in [6.45, 7) is 1.89. The van der Waals surface area contributed by atoms with Crippen molar-refractivity contribution in [2.24, 2.45) is 23.5 Å². The van der Waals surface area contributed by atoms with E-state index in [4.69, 9.17) is 5.73 Å². The lowest BCUT2D eigenvalue weighted by molar-refractivity contribution is -0.127. The summed E-state index contributed by atoms with van der Waals surface area (Å²) in [5.74, 6) is -6.30. The Morgan fingerprint density at radius 3 is 2.37 bits per heavy atom. The normalized spacial score (nSPS) is 27.8. The van der Waals surface area contributed by atoms with Crippen molar-refractivity contribution in [1.29, 1.82) is 0 Å². The molecule has 1 aromatic carbocycles. The number of nitrogens with zero attached hydrogens (tertiary/aromatic N) is 2. The summed E-state index contributed by atoms with van der Waals surface area (Å²) >= 11 is 0. The maximum Gasteiger partial charge on any atom is 0.255 e. The number of nitrogens with two attached hydrogens (primary N) is 1. The third-order valence-corrected chi connectivity index (χ3v) is 8.57. The molecule has 3 unspecified atom stereocenters. The van der Waals surface area contributed by atoms with E-state index in [-0.39, 0.29) is 42.1 Å². The number of fused-ring (bicyclic) bond motifs is 3. The number of amides is 1. The summed E-state index contributed by atoms with van der Waals surface area (Å²) in [4.78, 5) is 56.2. The van der Waals surface area contributed by atoms with Gasteiger partial charge in [0.05, 0.1) is 24.1 Å². The minimum atomic E-state index is -1.23. The number of hydrogen-bond acceptors (Lipinski definition) is 9. The summed E-state index contributed by atoms with van der Waals surface area (Å²) in [7, 11) is 3.36.